The van der Waals surface area contributed by atoms with Gasteiger partial charge in [0, 0.05) is 11.9 Å². The van der Waals surface area contributed by atoms with Crippen LogP contribution >= 0.6 is 0 Å². The summed E-state index contributed by atoms with van der Waals surface area (Å²) in [7, 11) is 0. The summed E-state index contributed by atoms with van der Waals surface area (Å²) in [5, 5.41) is 4.31. The quantitative estimate of drug-likeness (QED) is 0.703. The topological polar surface area (TPSA) is 42.2 Å². The third kappa shape index (κ3) is 1.58. The summed E-state index contributed by atoms with van der Waals surface area (Å²) < 4.78 is 5.40. The van der Waals surface area contributed by atoms with Crippen LogP contribution < -0.4 is 10.9 Å². The van der Waals surface area contributed by atoms with E-state index in [9.17, 15) is 4.79 Å². The van der Waals surface area contributed by atoms with Crippen LogP contribution in [0.15, 0.2) is 21.3 Å². The highest BCUT2D eigenvalue weighted by molar-refractivity contribution is 5.83. The van der Waals surface area contributed by atoms with Gasteiger partial charge in [0.25, 0.3) is 0 Å². The summed E-state index contributed by atoms with van der Waals surface area (Å²) in [5.74, 6) is 0. The highest BCUT2D eigenvalue weighted by atomic mass is 16.4. The Morgan fingerprint density at radius 1 is 1.18 bits per heavy atom. The zero-order valence-electron chi connectivity index (χ0n) is 10.1. The fraction of sp³-hybridized carbons (Fsp3) is 0.357. The lowest BCUT2D eigenvalue weighted by molar-refractivity contribution is 0.526. The van der Waals surface area contributed by atoms with E-state index in [2.05, 4.69) is 18.3 Å². The molecule has 2 heterocycles. The molecule has 3 nitrogen and oxygen atoms in total. The predicted octanol–water partition coefficient (Wildman–Crippen LogP) is 2.06. The largest absolute Gasteiger partial charge is 0.422 e. The Hall–Kier alpha value is -1.61. The van der Waals surface area contributed by atoms with Gasteiger partial charge in [-0.3, -0.25) is 0 Å². The second-order valence-electron chi connectivity index (χ2n) is 4.71. The van der Waals surface area contributed by atoms with Crippen LogP contribution in [0, 0.1) is 13.8 Å². The molecule has 2 aromatic rings. The van der Waals surface area contributed by atoms with E-state index in [4.69, 9.17) is 4.42 Å². The Bertz CT molecular complexity index is 655. The van der Waals surface area contributed by atoms with Crippen LogP contribution in [-0.4, -0.2) is 6.54 Å². The van der Waals surface area contributed by atoms with E-state index in [1.807, 2.05) is 13.0 Å². The van der Waals surface area contributed by atoms with Gasteiger partial charge >= 0.3 is 5.63 Å². The molecule has 0 atom stereocenters. The zero-order chi connectivity index (χ0) is 12.0. The maximum absolute atomic E-state index is 11.9. The van der Waals surface area contributed by atoms with E-state index >= 15 is 0 Å². The number of hydrogen-bond acceptors (Lipinski definition) is 3. The maximum atomic E-state index is 11.9. The number of hydrogen-bond donors (Lipinski definition) is 1. The van der Waals surface area contributed by atoms with Crippen molar-refractivity contribution in [3.05, 3.63) is 44.8 Å². The highest BCUT2D eigenvalue weighted by Crippen LogP contribution is 2.25. The smallest absolute Gasteiger partial charge is 0.341 e. The van der Waals surface area contributed by atoms with Gasteiger partial charge in [-0.15, -0.1) is 0 Å². The van der Waals surface area contributed by atoms with Crippen molar-refractivity contribution in [2.45, 2.75) is 26.8 Å². The molecule has 0 bridgehead atoms. The minimum Gasteiger partial charge on any atom is -0.422 e. The van der Waals surface area contributed by atoms with Crippen LogP contribution in [0.2, 0.25) is 0 Å². The molecule has 1 N–H and O–H groups in total. The third-order valence-electron chi connectivity index (χ3n) is 3.59. The van der Waals surface area contributed by atoms with Crippen molar-refractivity contribution in [2.75, 3.05) is 6.54 Å². The predicted molar refractivity (Wildman–Crippen MR) is 67.4 cm³/mol. The molecule has 3 rings (SSSR count). The molecule has 3 heteroatoms. The number of benzene rings is 1. The fourth-order valence-electron chi connectivity index (χ4n) is 2.45. The van der Waals surface area contributed by atoms with Gasteiger partial charge in [0.05, 0.1) is 5.56 Å². The number of fused-ring (bicyclic) bond motifs is 3. The van der Waals surface area contributed by atoms with Gasteiger partial charge in [-0.2, -0.15) is 0 Å². The fourth-order valence-corrected chi connectivity index (χ4v) is 2.45. The van der Waals surface area contributed by atoms with Crippen LogP contribution in [0.3, 0.4) is 0 Å². The van der Waals surface area contributed by atoms with Gasteiger partial charge in [0.2, 0.25) is 0 Å². The number of aryl methyl sites for hydroxylation is 2. The van der Waals surface area contributed by atoms with Crippen molar-refractivity contribution >= 4 is 11.0 Å². The standard InChI is InChI=1S/C14H15NO2/c1-8-5-11-10-3-4-15-7-12(10)14(16)17-13(11)6-9(8)2/h5-6,15H,3-4,7H2,1-2H3. The third-order valence-corrected chi connectivity index (χ3v) is 3.59. The van der Waals surface area contributed by atoms with E-state index in [1.165, 1.54) is 5.56 Å². The maximum Gasteiger partial charge on any atom is 0.341 e. The SMILES string of the molecule is Cc1cc2oc(=O)c3c(c2cc1C)CCNC3. The first kappa shape index (κ1) is 10.5. The first-order chi connectivity index (χ1) is 8.16. The summed E-state index contributed by atoms with van der Waals surface area (Å²) in [6.45, 7) is 5.68. The Balaban J connectivity index is 2.43. The lowest BCUT2D eigenvalue weighted by Gasteiger charge is -2.17. The molecule has 0 saturated carbocycles. The first-order valence-corrected chi connectivity index (χ1v) is 5.93. The van der Waals surface area contributed by atoms with Gasteiger partial charge in [-0.1, -0.05) is 0 Å². The molecule has 17 heavy (non-hydrogen) atoms. The Morgan fingerprint density at radius 2 is 1.94 bits per heavy atom. The van der Waals surface area contributed by atoms with Gasteiger partial charge in [0.15, 0.2) is 0 Å². The van der Waals surface area contributed by atoms with Gasteiger partial charge in [-0.25, -0.2) is 4.79 Å². The second-order valence-corrected chi connectivity index (χ2v) is 4.71. The minimum atomic E-state index is -0.192. The molecule has 0 unspecified atom stereocenters. The molecule has 88 valence electrons. The summed E-state index contributed by atoms with van der Waals surface area (Å²) in [5.41, 5.74) is 4.90. The molecule has 1 aromatic carbocycles. The summed E-state index contributed by atoms with van der Waals surface area (Å²) >= 11 is 0. The Kier molecular flexibility index (Phi) is 2.30. The van der Waals surface area contributed by atoms with E-state index in [1.54, 1.807) is 0 Å². The van der Waals surface area contributed by atoms with Crippen molar-refractivity contribution in [1.29, 1.82) is 0 Å². The van der Waals surface area contributed by atoms with E-state index < -0.39 is 0 Å². The Labute approximate surface area is 99.4 Å². The van der Waals surface area contributed by atoms with Crippen LogP contribution in [0.25, 0.3) is 11.0 Å². The molecular formula is C14H15NO2. The van der Waals surface area contributed by atoms with Crippen molar-refractivity contribution in [1.82, 2.24) is 5.32 Å². The minimum absolute atomic E-state index is 0.192. The molecule has 0 saturated heterocycles. The molecule has 1 aromatic heterocycles. The van der Waals surface area contributed by atoms with Crippen molar-refractivity contribution in [3.63, 3.8) is 0 Å². The van der Waals surface area contributed by atoms with E-state index in [-0.39, 0.29) is 5.63 Å². The van der Waals surface area contributed by atoms with Crippen LogP contribution in [0.4, 0.5) is 0 Å². The molecule has 0 fully saturated rings. The van der Waals surface area contributed by atoms with Crippen LogP contribution in [0.1, 0.15) is 22.3 Å². The molecule has 0 aliphatic carbocycles. The second kappa shape index (κ2) is 3.70. The molecule has 0 amide bonds. The number of nitrogens with one attached hydrogen (secondary N) is 1. The average Bonchev–Trinajstić information content (AvgIpc) is 2.32. The molecule has 0 spiro atoms. The normalized spacial score (nSPS) is 14.9. The number of rotatable bonds is 0. The highest BCUT2D eigenvalue weighted by Gasteiger charge is 2.17. The van der Waals surface area contributed by atoms with Crippen LogP contribution in [0.5, 0.6) is 0 Å². The molecule has 1 aliphatic rings. The molecular weight excluding hydrogens is 214 g/mol. The molecule has 1 aliphatic heterocycles. The van der Waals surface area contributed by atoms with Crippen molar-refractivity contribution in [2.24, 2.45) is 0 Å². The first-order valence-electron chi connectivity index (χ1n) is 5.93. The van der Waals surface area contributed by atoms with Crippen molar-refractivity contribution < 1.29 is 4.42 Å². The van der Waals surface area contributed by atoms with E-state index in [0.29, 0.717) is 6.54 Å². The zero-order valence-corrected chi connectivity index (χ0v) is 10.1. The Morgan fingerprint density at radius 3 is 2.76 bits per heavy atom. The average molecular weight is 229 g/mol. The lowest BCUT2D eigenvalue weighted by atomic mass is 9.96. The van der Waals surface area contributed by atoms with Gasteiger partial charge < -0.3 is 9.73 Å². The van der Waals surface area contributed by atoms with Gasteiger partial charge in [0.1, 0.15) is 5.58 Å². The monoisotopic (exact) mass is 229 g/mol. The van der Waals surface area contributed by atoms with Crippen LogP contribution in [-0.2, 0) is 13.0 Å². The summed E-state index contributed by atoms with van der Waals surface area (Å²) in [6.07, 6.45) is 0.903. The van der Waals surface area contributed by atoms with E-state index in [0.717, 1.165) is 40.6 Å². The lowest BCUT2D eigenvalue weighted by Crippen LogP contribution is -2.29. The summed E-state index contributed by atoms with van der Waals surface area (Å²) in [4.78, 5) is 11.9. The van der Waals surface area contributed by atoms with Crippen molar-refractivity contribution in [3.8, 4) is 0 Å². The molecule has 0 radical (unpaired) electrons. The van der Waals surface area contributed by atoms with Gasteiger partial charge in [-0.05, 0) is 55.6 Å². The summed E-state index contributed by atoms with van der Waals surface area (Å²) in [6, 6.07) is 4.10.